The maximum absolute atomic E-state index is 2.75. The summed E-state index contributed by atoms with van der Waals surface area (Å²) in [4.78, 5) is 2.75. The van der Waals surface area contributed by atoms with Gasteiger partial charge in [0.05, 0.1) is 6.04 Å². The maximum Gasteiger partial charge on any atom is 0.0555 e. The van der Waals surface area contributed by atoms with Crippen molar-refractivity contribution in [3.8, 4) is 0 Å². The Bertz CT molecular complexity index is 674. The third kappa shape index (κ3) is 1.88. The Morgan fingerprint density at radius 1 is 1.05 bits per heavy atom. The number of fused-ring (bicyclic) bond motifs is 3. The standard InChI is InChI=1S/C19H26N2/c1-14-15-8-4-5-9-16(15)21-13-10-19(2,3)18(17(14)21)20-11-6-7-12-20/h4-5,8-9,18H,6-7,10-13H2,1-3H3. The highest BCUT2D eigenvalue weighted by Crippen LogP contribution is 2.49. The first-order valence-electron chi connectivity index (χ1n) is 8.41. The first-order valence-corrected chi connectivity index (χ1v) is 8.41. The smallest absolute Gasteiger partial charge is 0.0555 e. The summed E-state index contributed by atoms with van der Waals surface area (Å²) in [5.74, 6) is 0. The van der Waals surface area contributed by atoms with Gasteiger partial charge < -0.3 is 4.57 Å². The van der Waals surface area contributed by atoms with E-state index in [2.05, 4.69) is 54.5 Å². The molecule has 0 bridgehead atoms. The van der Waals surface area contributed by atoms with Crippen LogP contribution in [0.25, 0.3) is 10.9 Å². The first-order chi connectivity index (χ1) is 10.1. The van der Waals surface area contributed by atoms with Crippen molar-refractivity contribution in [2.45, 2.75) is 52.6 Å². The Hall–Kier alpha value is -1.28. The minimum absolute atomic E-state index is 0.374. The Morgan fingerprint density at radius 2 is 1.76 bits per heavy atom. The molecule has 2 aromatic rings. The van der Waals surface area contributed by atoms with Gasteiger partial charge in [0.15, 0.2) is 0 Å². The number of likely N-dealkylation sites (tertiary alicyclic amines) is 1. The summed E-state index contributed by atoms with van der Waals surface area (Å²) in [6, 6.07) is 9.54. The zero-order valence-electron chi connectivity index (χ0n) is 13.5. The SMILES string of the molecule is Cc1c2n(c3ccccc13)CCC(C)(C)C2N1CCCC1. The molecule has 1 aromatic carbocycles. The van der Waals surface area contributed by atoms with Crippen LogP contribution < -0.4 is 0 Å². The molecule has 4 rings (SSSR count). The maximum atomic E-state index is 2.75. The summed E-state index contributed by atoms with van der Waals surface area (Å²) in [6.45, 7) is 11.0. The number of nitrogens with zero attached hydrogens (tertiary/aromatic N) is 2. The zero-order chi connectivity index (χ0) is 14.6. The number of rotatable bonds is 1. The van der Waals surface area contributed by atoms with Gasteiger partial charge in [-0.05, 0) is 56.3 Å². The molecule has 1 atom stereocenters. The van der Waals surface area contributed by atoms with Gasteiger partial charge in [-0.2, -0.15) is 0 Å². The average molecular weight is 282 g/mol. The fraction of sp³-hybridized carbons (Fsp3) is 0.579. The molecule has 2 heteroatoms. The van der Waals surface area contributed by atoms with E-state index in [0.717, 1.165) is 0 Å². The molecule has 2 nitrogen and oxygen atoms in total. The van der Waals surface area contributed by atoms with Gasteiger partial charge in [0.2, 0.25) is 0 Å². The molecule has 1 fully saturated rings. The lowest BCUT2D eigenvalue weighted by Gasteiger charge is -2.45. The van der Waals surface area contributed by atoms with Crippen LogP contribution in [0.3, 0.4) is 0 Å². The highest BCUT2D eigenvalue weighted by Gasteiger charge is 2.42. The van der Waals surface area contributed by atoms with Crippen LogP contribution in [0.5, 0.6) is 0 Å². The Kier molecular flexibility index (Phi) is 2.94. The highest BCUT2D eigenvalue weighted by molar-refractivity contribution is 5.85. The quantitative estimate of drug-likeness (QED) is 0.746. The van der Waals surface area contributed by atoms with Crippen LogP contribution >= 0.6 is 0 Å². The fourth-order valence-corrected chi connectivity index (χ4v) is 4.66. The van der Waals surface area contributed by atoms with Gasteiger partial charge in [-0.25, -0.2) is 0 Å². The number of hydrogen-bond donors (Lipinski definition) is 0. The van der Waals surface area contributed by atoms with E-state index in [1.807, 2.05) is 0 Å². The van der Waals surface area contributed by atoms with Gasteiger partial charge in [-0.3, -0.25) is 4.90 Å². The lowest BCUT2D eigenvalue weighted by molar-refractivity contribution is 0.0729. The minimum Gasteiger partial charge on any atom is -0.343 e. The number of aromatic nitrogens is 1. The van der Waals surface area contributed by atoms with E-state index in [0.29, 0.717) is 11.5 Å². The van der Waals surface area contributed by atoms with Crippen molar-refractivity contribution in [1.29, 1.82) is 0 Å². The number of aryl methyl sites for hydroxylation is 2. The summed E-state index contributed by atoms with van der Waals surface area (Å²) in [5.41, 5.74) is 4.91. The van der Waals surface area contributed by atoms with Crippen LogP contribution in [-0.4, -0.2) is 22.6 Å². The van der Waals surface area contributed by atoms with E-state index in [1.165, 1.54) is 55.4 Å². The molecule has 2 aliphatic heterocycles. The minimum atomic E-state index is 0.374. The Balaban J connectivity index is 1.95. The molecule has 21 heavy (non-hydrogen) atoms. The topological polar surface area (TPSA) is 8.17 Å². The molecule has 1 saturated heterocycles. The van der Waals surface area contributed by atoms with Crippen LogP contribution in [0.1, 0.15) is 50.4 Å². The second-order valence-corrected chi connectivity index (χ2v) is 7.56. The molecule has 0 spiro atoms. The molecule has 2 aliphatic rings. The summed E-state index contributed by atoms with van der Waals surface area (Å²) in [5, 5.41) is 1.45. The van der Waals surface area contributed by atoms with Crippen LogP contribution in [0.4, 0.5) is 0 Å². The van der Waals surface area contributed by atoms with Crippen LogP contribution in [-0.2, 0) is 6.54 Å². The van der Waals surface area contributed by atoms with Gasteiger partial charge in [0, 0.05) is 23.1 Å². The normalized spacial score (nSPS) is 25.4. The third-order valence-corrected chi connectivity index (χ3v) is 5.76. The van der Waals surface area contributed by atoms with Crippen molar-refractivity contribution in [3.63, 3.8) is 0 Å². The number of para-hydroxylation sites is 1. The van der Waals surface area contributed by atoms with Crippen LogP contribution in [0, 0.1) is 12.3 Å². The van der Waals surface area contributed by atoms with Crippen molar-refractivity contribution >= 4 is 10.9 Å². The second-order valence-electron chi connectivity index (χ2n) is 7.56. The molecule has 0 aliphatic carbocycles. The lowest BCUT2D eigenvalue weighted by Crippen LogP contribution is -2.41. The highest BCUT2D eigenvalue weighted by atomic mass is 15.2. The zero-order valence-corrected chi connectivity index (χ0v) is 13.5. The summed E-state index contributed by atoms with van der Waals surface area (Å²) < 4.78 is 2.61. The predicted octanol–water partition coefficient (Wildman–Crippen LogP) is 4.52. The average Bonchev–Trinajstić information content (AvgIpc) is 3.07. The van der Waals surface area contributed by atoms with Crippen molar-refractivity contribution < 1.29 is 0 Å². The van der Waals surface area contributed by atoms with E-state index >= 15 is 0 Å². The van der Waals surface area contributed by atoms with Gasteiger partial charge in [-0.15, -0.1) is 0 Å². The molecule has 0 amide bonds. The van der Waals surface area contributed by atoms with E-state index in [-0.39, 0.29) is 0 Å². The summed E-state index contributed by atoms with van der Waals surface area (Å²) >= 11 is 0. The molecule has 3 heterocycles. The predicted molar refractivity (Wildman–Crippen MR) is 88.6 cm³/mol. The van der Waals surface area contributed by atoms with Gasteiger partial charge in [0.25, 0.3) is 0 Å². The van der Waals surface area contributed by atoms with Crippen LogP contribution in [0.2, 0.25) is 0 Å². The third-order valence-electron chi connectivity index (χ3n) is 5.76. The molecule has 1 unspecified atom stereocenters. The van der Waals surface area contributed by atoms with Crippen molar-refractivity contribution in [2.75, 3.05) is 13.1 Å². The van der Waals surface area contributed by atoms with E-state index in [1.54, 1.807) is 5.69 Å². The Morgan fingerprint density at radius 3 is 2.52 bits per heavy atom. The molecule has 112 valence electrons. The van der Waals surface area contributed by atoms with E-state index < -0.39 is 0 Å². The van der Waals surface area contributed by atoms with Crippen LogP contribution in [0.15, 0.2) is 24.3 Å². The molecule has 0 N–H and O–H groups in total. The van der Waals surface area contributed by atoms with E-state index in [4.69, 9.17) is 0 Å². The van der Waals surface area contributed by atoms with Crippen molar-refractivity contribution in [3.05, 3.63) is 35.5 Å². The lowest BCUT2D eigenvalue weighted by atomic mass is 9.75. The largest absolute Gasteiger partial charge is 0.343 e. The monoisotopic (exact) mass is 282 g/mol. The number of hydrogen-bond acceptors (Lipinski definition) is 1. The Labute approximate surface area is 127 Å². The second kappa shape index (κ2) is 4.61. The van der Waals surface area contributed by atoms with Gasteiger partial charge in [-0.1, -0.05) is 32.0 Å². The van der Waals surface area contributed by atoms with Gasteiger partial charge in [0.1, 0.15) is 0 Å². The molecule has 1 aromatic heterocycles. The molecular formula is C19H26N2. The molecule has 0 saturated carbocycles. The van der Waals surface area contributed by atoms with Gasteiger partial charge >= 0.3 is 0 Å². The summed E-state index contributed by atoms with van der Waals surface area (Å²) in [7, 11) is 0. The first kappa shape index (κ1) is 13.4. The van der Waals surface area contributed by atoms with E-state index in [9.17, 15) is 0 Å². The van der Waals surface area contributed by atoms with Crippen molar-refractivity contribution in [2.24, 2.45) is 5.41 Å². The fourth-order valence-electron chi connectivity index (χ4n) is 4.66. The molecule has 0 radical (unpaired) electrons. The number of benzene rings is 1. The summed E-state index contributed by atoms with van der Waals surface area (Å²) in [6.07, 6.45) is 4.01. The van der Waals surface area contributed by atoms with Crippen molar-refractivity contribution in [1.82, 2.24) is 9.47 Å². The molecular weight excluding hydrogens is 256 g/mol.